The average molecular weight is 325 g/mol. The number of halogens is 4. The van der Waals surface area contributed by atoms with E-state index in [1.54, 1.807) is 13.8 Å². The van der Waals surface area contributed by atoms with E-state index < -0.39 is 12.2 Å². The van der Waals surface area contributed by atoms with Gasteiger partial charge in [0.2, 0.25) is 0 Å². The minimum Gasteiger partial charge on any atom is -0.508 e. The Hall–Kier alpha value is -0.980. The zero-order valence-corrected chi connectivity index (χ0v) is 12.8. The lowest BCUT2D eigenvalue weighted by Crippen LogP contribution is -2.49. The molecular weight excluding hydrogens is 305 g/mol. The van der Waals surface area contributed by atoms with Crippen molar-refractivity contribution >= 4 is 12.4 Å². The Morgan fingerprint density at radius 1 is 1.14 bits per heavy atom. The molecule has 1 aromatic carbocycles. The molecule has 1 fully saturated rings. The second kappa shape index (κ2) is 6.85. The van der Waals surface area contributed by atoms with Gasteiger partial charge in [-0.2, -0.15) is 13.2 Å². The Kier molecular flexibility index (Phi) is 5.90. The number of hydrogen-bond donors (Lipinski definition) is 2. The van der Waals surface area contributed by atoms with Gasteiger partial charge in [0.15, 0.2) is 0 Å². The van der Waals surface area contributed by atoms with E-state index in [1.165, 1.54) is 17.0 Å². The number of nitrogens with one attached hydrogen (secondary N) is 1. The van der Waals surface area contributed by atoms with Crippen LogP contribution in [0.15, 0.2) is 12.1 Å². The van der Waals surface area contributed by atoms with Crippen LogP contribution >= 0.6 is 12.4 Å². The van der Waals surface area contributed by atoms with Crippen molar-refractivity contribution in [3.05, 3.63) is 28.8 Å². The van der Waals surface area contributed by atoms with E-state index in [0.29, 0.717) is 37.3 Å². The Balaban J connectivity index is 0.00000220. The van der Waals surface area contributed by atoms with Gasteiger partial charge in [-0.15, -0.1) is 12.4 Å². The van der Waals surface area contributed by atoms with Crippen LogP contribution in [-0.2, 0) is 0 Å². The number of phenolic OH excluding ortho intramolecular Hbond substituents is 1. The van der Waals surface area contributed by atoms with E-state index in [9.17, 15) is 18.3 Å². The molecule has 1 aliphatic heterocycles. The summed E-state index contributed by atoms with van der Waals surface area (Å²) in [6.07, 6.45) is -4.33. The second-order valence-electron chi connectivity index (χ2n) is 5.22. The SMILES string of the molecule is Cc1cc(O)cc(C)c1[C@H](N1CCNCC1)C(F)(F)F.Cl. The van der Waals surface area contributed by atoms with Crippen molar-refractivity contribution in [2.24, 2.45) is 0 Å². The van der Waals surface area contributed by atoms with Gasteiger partial charge in [-0.05, 0) is 42.7 Å². The largest absolute Gasteiger partial charge is 0.508 e. The first-order chi connectivity index (χ1) is 9.30. The molecule has 1 saturated heterocycles. The topological polar surface area (TPSA) is 35.5 Å². The van der Waals surface area contributed by atoms with Crippen molar-refractivity contribution in [2.45, 2.75) is 26.1 Å². The molecule has 0 bridgehead atoms. The van der Waals surface area contributed by atoms with Gasteiger partial charge in [0, 0.05) is 26.2 Å². The molecule has 2 N–H and O–H groups in total. The van der Waals surface area contributed by atoms with Crippen LogP contribution in [0.1, 0.15) is 22.7 Å². The van der Waals surface area contributed by atoms with Crippen molar-refractivity contribution in [3.8, 4) is 5.75 Å². The molecule has 0 aliphatic carbocycles. The Bertz CT molecular complexity index is 465. The molecule has 7 heteroatoms. The molecule has 0 aromatic heterocycles. The summed E-state index contributed by atoms with van der Waals surface area (Å²) in [4.78, 5) is 1.46. The van der Waals surface area contributed by atoms with Crippen LogP contribution in [0.25, 0.3) is 0 Å². The summed E-state index contributed by atoms with van der Waals surface area (Å²) >= 11 is 0. The number of alkyl halides is 3. The minimum absolute atomic E-state index is 0. The third kappa shape index (κ3) is 4.02. The number of nitrogens with zero attached hydrogens (tertiary/aromatic N) is 1. The fourth-order valence-electron chi connectivity index (χ4n) is 2.88. The van der Waals surface area contributed by atoms with E-state index in [2.05, 4.69) is 5.32 Å². The van der Waals surface area contributed by atoms with Crippen molar-refractivity contribution < 1.29 is 18.3 Å². The summed E-state index contributed by atoms with van der Waals surface area (Å²) in [5.74, 6) is 0.00462. The minimum atomic E-state index is -4.33. The summed E-state index contributed by atoms with van der Waals surface area (Å²) in [6.45, 7) is 5.07. The summed E-state index contributed by atoms with van der Waals surface area (Å²) in [7, 11) is 0. The molecule has 21 heavy (non-hydrogen) atoms. The maximum Gasteiger partial charge on any atom is 0.408 e. The number of aromatic hydroxyl groups is 1. The number of phenols is 1. The molecular formula is C14H20ClF3N2O. The molecule has 1 aromatic rings. The van der Waals surface area contributed by atoms with Gasteiger partial charge in [0.25, 0.3) is 0 Å². The molecule has 1 atom stereocenters. The van der Waals surface area contributed by atoms with Gasteiger partial charge < -0.3 is 10.4 Å². The number of benzene rings is 1. The molecule has 120 valence electrons. The van der Waals surface area contributed by atoms with E-state index in [0.717, 1.165) is 0 Å². The van der Waals surface area contributed by atoms with Gasteiger partial charge in [0.05, 0.1) is 0 Å². The van der Waals surface area contributed by atoms with Crippen LogP contribution in [0.5, 0.6) is 5.75 Å². The number of hydrogen-bond acceptors (Lipinski definition) is 3. The zero-order chi connectivity index (χ0) is 14.9. The van der Waals surface area contributed by atoms with E-state index in [1.807, 2.05) is 0 Å². The molecule has 0 radical (unpaired) electrons. The molecule has 0 unspecified atom stereocenters. The molecule has 2 rings (SSSR count). The van der Waals surface area contributed by atoms with Crippen LogP contribution < -0.4 is 5.32 Å². The molecule has 0 amide bonds. The highest BCUT2D eigenvalue weighted by Gasteiger charge is 2.46. The van der Waals surface area contributed by atoms with Crippen LogP contribution in [0, 0.1) is 13.8 Å². The van der Waals surface area contributed by atoms with Gasteiger partial charge in [-0.25, -0.2) is 0 Å². The lowest BCUT2D eigenvalue weighted by Gasteiger charge is -2.37. The number of aryl methyl sites for hydroxylation is 2. The first-order valence-corrected chi connectivity index (χ1v) is 6.62. The average Bonchev–Trinajstić information content (AvgIpc) is 2.33. The quantitative estimate of drug-likeness (QED) is 0.878. The Labute approximate surface area is 128 Å². The molecule has 0 spiro atoms. The molecule has 1 aliphatic rings. The van der Waals surface area contributed by atoms with Gasteiger partial charge in [0.1, 0.15) is 11.8 Å². The van der Waals surface area contributed by atoms with Crippen LogP contribution in [0.4, 0.5) is 13.2 Å². The number of rotatable bonds is 2. The lowest BCUT2D eigenvalue weighted by molar-refractivity contribution is -0.188. The monoisotopic (exact) mass is 324 g/mol. The highest BCUT2D eigenvalue weighted by Crippen LogP contribution is 2.41. The second-order valence-corrected chi connectivity index (χ2v) is 5.22. The normalized spacial score (nSPS) is 18.1. The van der Waals surface area contributed by atoms with E-state index in [-0.39, 0.29) is 23.7 Å². The third-order valence-corrected chi connectivity index (χ3v) is 3.68. The Morgan fingerprint density at radius 2 is 1.62 bits per heavy atom. The van der Waals surface area contributed by atoms with Crippen LogP contribution in [-0.4, -0.2) is 42.4 Å². The summed E-state index contributed by atoms with van der Waals surface area (Å²) in [6, 6.07) is 1.18. The Morgan fingerprint density at radius 3 is 2.05 bits per heavy atom. The first kappa shape index (κ1) is 18.1. The van der Waals surface area contributed by atoms with Crippen LogP contribution in [0.2, 0.25) is 0 Å². The van der Waals surface area contributed by atoms with Crippen LogP contribution in [0.3, 0.4) is 0 Å². The fourth-order valence-corrected chi connectivity index (χ4v) is 2.88. The summed E-state index contributed by atoms with van der Waals surface area (Å²) in [5.41, 5.74) is 1.21. The third-order valence-electron chi connectivity index (χ3n) is 3.68. The highest BCUT2D eigenvalue weighted by atomic mass is 35.5. The standard InChI is InChI=1S/C14H19F3N2O.ClH/c1-9-7-11(20)8-10(2)12(9)13(14(15,16)17)19-5-3-18-4-6-19;/h7-8,13,18,20H,3-6H2,1-2H3;1H/t13-;/m0./s1. The highest BCUT2D eigenvalue weighted by molar-refractivity contribution is 5.85. The summed E-state index contributed by atoms with van der Waals surface area (Å²) < 4.78 is 40.6. The number of piperazine rings is 1. The maximum atomic E-state index is 13.5. The molecule has 1 heterocycles. The first-order valence-electron chi connectivity index (χ1n) is 6.62. The van der Waals surface area contributed by atoms with Crippen molar-refractivity contribution in [1.82, 2.24) is 10.2 Å². The van der Waals surface area contributed by atoms with Gasteiger partial charge in [-0.1, -0.05) is 0 Å². The molecule has 3 nitrogen and oxygen atoms in total. The van der Waals surface area contributed by atoms with E-state index >= 15 is 0 Å². The molecule has 0 saturated carbocycles. The van der Waals surface area contributed by atoms with Gasteiger partial charge in [-0.3, -0.25) is 4.90 Å². The van der Waals surface area contributed by atoms with E-state index in [4.69, 9.17) is 0 Å². The summed E-state index contributed by atoms with van der Waals surface area (Å²) in [5, 5.41) is 12.6. The van der Waals surface area contributed by atoms with Gasteiger partial charge >= 0.3 is 6.18 Å². The predicted molar refractivity (Wildman–Crippen MR) is 78.1 cm³/mol. The smallest absolute Gasteiger partial charge is 0.408 e. The maximum absolute atomic E-state index is 13.5. The predicted octanol–water partition coefficient (Wildman–Crippen LogP) is 2.94. The fraction of sp³-hybridized carbons (Fsp3) is 0.571. The zero-order valence-electron chi connectivity index (χ0n) is 12.0. The van der Waals surface area contributed by atoms with Crippen molar-refractivity contribution in [3.63, 3.8) is 0 Å². The van der Waals surface area contributed by atoms with Crippen molar-refractivity contribution in [2.75, 3.05) is 26.2 Å². The lowest BCUT2D eigenvalue weighted by atomic mass is 9.93. The van der Waals surface area contributed by atoms with Crippen molar-refractivity contribution in [1.29, 1.82) is 0 Å².